The Kier molecular flexibility index (Phi) is 5.91. The van der Waals surface area contributed by atoms with Crippen LogP contribution in [0.2, 0.25) is 0 Å². The van der Waals surface area contributed by atoms with Crippen molar-refractivity contribution in [2.24, 2.45) is 0 Å². The molecule has 0 radical (unpaired) electrons. The van der Waals surface area contributed by atoms with Crippen molar-refractivity contribution in [3.05, 3.63) is 36.2 Å². The van der Waals surface area contributed by atoms with E-state index in [1.54, 1.807) is 24.3 Å². The van der Waals surface area contributed by atoms with Crippen molar-refractivity contribution in [3.63, 3.8) is 0 Å². The topological polar surface area (TPSA) is 114 Å². The first kappa shape index (κ1) is 17.5. The Bertz CT molecular complexity index is 708. The van der Waals surface area contributed by atoms with Crippen LogP contribution in [0.1, 0.15) is 17.3 Å². The van der Waals surface area contributed by atoms with Gasteiger partial charge in [-0.05, 0) is 19.1 Å². The molecule has 0 saturated carbocycles. The minimum atomic E-state index is -0.457. The smallest absolute Gasteiger partial charge is 0.339 e. The number of para-hydroxylation sites is 1. The second-order valence-corrected chi connectivity index (χ2v) is 4.92. The molecule has 0 bridgehead atoms. The summed E-state index contributed by atoms with van der Waals surface area (Å²) in [6.07, 6.45) is 1.38. The molecule has 1 aromatic carbocycles. The minimum Gasteiger partial charge on any atom is -0.465 e. The van der Waals surface area contributed by atoms with Gasteiger partial charge in [0.2, 0.25) is 0 Å². The van der Waals surface area contributed by atoms with Gasteiger partial charge in [0.05, 0.1) is 25.0 Å². The third kappa shape index (κ3) is 3.72. The molecule has 0 atom stereocenters. The van der Waals surface area contributed by atoms with Gasteiger partial charge in [0.25, 0.3) is 0 Å². The highest BCUT2D eigenvalue weighted by Gasteiger charge is 2.16. The second-order valence-electron chi connectivity index (χ2n) is 4.92. The summed E-state index contributed by atoms with van der Waals surface area (Å²) in [5.41, 5.74) is 7.42. The number of aliphatic hydroxyl groups excluding tert-OH is 1. The van der Waals surface area contributed by atoms with E-state index in [0.717, 1.165) is 0 Å². The molecule has 128 valence electrons. The highest BCUT2D eigenvalue weighted by Crippen LogP contribution is 2.29. The van der Waals surface area contributed by atoms with Crippen LogP contribution in [0, 0.1) is 0 Å². The van der Waals surface area contributed by atoms with Crippen molar-refractivity contribution < 1.29 is 14.6 Å². The number of hydrogen-bond acceptors (Lipinski definition) is 8. The molecule has 8 nitrogen and oxygen atoms in total. The summed E-state index contributed by atoms with van der Waals surface area (Å²) in [6, 6.07) is 6.92. The van der Waals surface area contributed by atoms with Crippen LogP contribution in [0.5, 0.6) is 0 Å². The van der Waals surface area contributed by atoms with Crippen LogP contribution in [-0.4, -0.2) is 47.8 Å². The molecule has 0 aliphatic carbocycles. The number of nitrogens with zero attached hydrogens (tertiary/aromatic N) is 3. The van der Waals surface area contributed by atoms with E-state index in [4.69, 9.17) is 15.6 Å². The number of ether oxygens (including phenoxy) is 1. The zero-order chi connectivity index (χ0) is 17.5. The van der Waals surface area contributed by atoms with E-state index >= 15 is 0 Å². The third-order valence-corrected chi connectivity index (χ3v) is 3.50. The predicted molar refractivity (Wildman–Crippen MR) is 92.5 cm³/mol. The maximum Gasteiger partial charge on any atom is 0.339 e. The van der Waals surface area contributed by atoms with Crippen LogP contribution < -0.4 is 16.0 Å². The van der Waals surface area contributed by atoms with E-state index in [1.807, 2.05) is 11.8 Å². The number of esters is 1. The molecule has 0 fully saturated rings. The zero-order valence-corrected chi connectivity index (χ0v) is 13.7. The van der Waals surface area contributed by atoms with Gasteiger partial charge in [-0.2, -0.15) is 0 Å². The Balaban J connectivity index is 2.36. The van der Waals surface area contributed by atoms with E-state index in [0.29, 0.717) is 41.7 Å². The van der Waals surface area contributed by atoms with Crippen LogP contribution in [-0.2, 0) is 4.74 Å². The van der Waals surface area contributed by atoms with Gasteiger partial charge in [-0.25, -0.2) is 14.8 Å². The van der Waals surface area contributed by atoms with Gasteiger partial charge in [-0.3, -0.25) is 0 Å². The molecule has 8 heteroatoms. The van der Waals surface area contributed by atoms with Crippen LogP contribution >= 0.6 is 0 Å². The number of hydrogen-bond donors (Lipinski definition) is 3. The van der Waals surface area contributed by atoms with E-state index in [-0.39, 0.29) is 6.61 Å². The van der Waals surface area contributed by atoms with Gasteiger partial charge >= 0.3 is 5.97 Å². The number of nitrogens with one attached hydrogen (secondary N) is 1. The van der Waals surface area contributed by atoms with E-state index in [2.05, 4.69) is 15.3 Å². The monoisotopic (exact) mass is 331 g/mol. The lowest BCUT2D eigenvalue weighted by Gasteiger charge is -2.23. The molecule has 1 aromatic heterocycles. The van der Waals surface area contributed by atoms with Crippen LogP contribution in [0.25, 0.3) is 0 Å². The first-order valence-corrected chi connectivity index (χ1v) is 7.53. The molecule has 0 amide bonds. The third-order valence-electron chi connectivity index (χ3n) is 3.50. The van der Waals surface area contributed by atoms with Gasteiger partial charge in [0, 0.05) is 13.1 Å². The van der Waals surface area contributed by atoms with E-state index in [1.165, 1.54) is 13.4 Å². The number of nitrogen functional groups attached to an aromatic ring is 1. The molecule has 0 unspecified atom stereocenters. The van der Waals surface area contributed by atoms with Gasteiger partial charge in [-0.15, -0.1) is 0 Å². The van der Waals surface area contributed by atoms with Crippen molar-refractivity contribution in [1.29, 1.82) is 0 Å². The van der Waals surface area contributed by atoms with Crippen LogP contribution in [0.4, 0.5) is 23.0 Å². The molecule has 0 spiro atoms. The maximum atomic E-state index is 11.9. The molecule has 4 N–H and O–H groups in total. The number of likely N-dealkylation sites (N-methyl/N-ethyl adjacent to an activating group) is 1. The Labute approximate surface area is 140 Å². The summed E-state index contributed by atoms with van der Waals surface area (Å²) in [4.78, 5) is 22.0. The number of aliphatic hydroxyl groups is 1. The average Bonchev–Trinajstić information content (AvgIpc) is 2.61. The molecule has 1 heterocycles. The SMILES string of the molecule is CCN(CCO)c1ncnc(Nc2ccccc2C(=O)OC)c1N. The van der Waals surface area contributed by atoms with Gasteiger partial charge in [0.15, 0.2) is 11.6 Å². The lowest BCUT2D eigenvalue weighted by atomic mass is 10.2. The number of carbonyl (C=O) groups excluding carboxylic acids is 1. The average molecular weight is 331 g/mol. The van der Waals surface area contributed by atoms with Crippen molar-refractivity contribution in [2.75, 3.05) is 42.8 Å². The fraction of sp³-hybridized carbons (Fsp3) is 0.312. The molecular weight excluding hydrogens is 310 g/mol. The largest absolute Gasteiger partial charge is 0.465 e. The van der Waals surface area contributed by atoms with Crippen molar-refractivity contribution in [3.8, 4) is 0 Å². The summed E-state index contributed by atoms with van der Waals surface area (Å²) in [5.74, 6) is 0.453. The summed E-state index contributed by atoms with van der Waals surface area (Å²) in [5, 5.41) is 12.2. The summed E-state index contributed by atoms with van der Waals surface area (Å²) in [7, 11) is 1.32. The zero-order valence-electron chi connectivity index (χ0n) is 13.7. The summed E-state index contributed by atoms with van der Waals surface area (Å²) >= 11 is 0. The number of rotatable bonds is 7. The fourth-order valence-electron chi connectivity index (χ4n) is 2.28. The number of nitrogens with two attached hydrogens (primary N) is 1. The normalized spacial score (nSPS) is 10.3. The molecule has 0 aliphatic rings. The fourth-order valence-corrected chi connectivity index (χ4v) is 2.28. The molecule has 2 aromatic rings. The second kappa shape index (κ2) is 8.11. The molecular formula is C16H21N5O3. The van der Waals surface area contributed by atoms with E-state index < -0.39 is 5.97 Å². The highest BCUT2D eigenvalue weighted by atomic mass is 16.5. The predicted octanol–water partition coefficient (Wildman–Crippen LogP) is 1.41. The van der Waals surface area contributed by atoms with Crippen molar-refractivity contribution in [2.45, 2.75) is 6.92 Å². The Morgan fingerprint density at radius 3 is 2.79 bits per heavy atom. The number of aromatic nitrogens is 2. The van der Waals surface area contributed by atoms with Crippen LogP contribution in [0.15, 0.2) is 30.6 Å². The molecule has 0 saturated heterocycles. The van der Waals surface area contributed by atoms with Gasteiger partial charge in [-0.1, -0.05) is 12.1 Å². The quantitative estimate of drug-likeness (QED) is 0.653. The van der Waals surface area contributed by atoms with Crippen LogP contribution in [0.3, 0.4) is 0 Å². The number of carbonyl (C=O) groups is 1. The molecule has 24 heavy (non-hydrogen) atoms. The standard InChI is InChI=1S/C16H21N5O3/c1-3-21(8-9-22)15-13(17)14(18-10-19-15)20-12-7-5-4-6-11(12)16(23)24-2/h4-7,10,22H,3,8-9,17H2,1-2H3,(H,18,19,20). The van der Waals surface area contributed by atoms with Crippen molar-refractivity contribution >= 4 is 29.0 Å². The van der Waals surface area contributed by atoms with Gasteiger partial charge in [0.1, 0.15) is 12.0 Å². The highest BCUT2D eigenvalue weighted by molar-refractivity contribution is 5.97. The maximum absolute atomic E-state index is 11.9. The molecule has 2 rings (SSSR count). The minimum absolute atomic E-state index is 0.00871. The first-order valence-electron chi connectivity index (χ1n) is 7.53. The Morgan fingerprint density at radius 1 is 1.38 bits per heavy atom. The van der Waals surface area contributed by atoms with Gasteiger partial charge < -0.3 is 25.8 Å². The van der Waals surface area contributed by atoms with Crippen molar-refractivity contribution in [1.82, 2.24) is 9.97 Å². The van der Waals surface area contributed by atoms with E-state index in [9.17, 15) is 4.79 Å². The lowest BCUT2D eigenvalue weighted by molar-refractivity contribution is 0.0602. The lowest BCUT2D eigenvalue weighted by Crippen LogP contribution is -2.28. The number of methoxy groups -OCH3 is 1. The summed E-state index contributed by atoms with van der Waals surface area (Å²) < 4.78 is 4.78. The number of benzene rings is 1. The number of anilines is 4. The first-order chi connectivity index (χ1) is 11.6. The molecule has 0 aliphatic heterocycles. The Morgan fingerprint density at radius 2 is 2.12 bits per heavy atom. The summed E-state index contributed by atoms with van der Waals surface area (Å²) in [6.45, 7) is 2.98. The Hall–Kier alpha value is -2.87.